The maximum Gasteiger partial charge on any atom is 0.299 e. The first-order valence-electron chi connectivity index (χ1n) is 4.28. The van der Waals surface area contributed by atoms with E-state index < -0.39 is 11.0 Å². The van der Waals surface area contributed by atoms with Crippen LogP contribution >= 0.6 is 0 Å². The first-order chi connectivity index (χ1) is 7.18. The minimum absolute atomic E-state index is 0.198. The van der Waals surface area contributed by atoms with E-state index in [1.165, 1.54) is 0 Å². The highest BCUT2D eigenvalue weighted by atomic mass is 32.2. The van der Waals surface area contributed by atoms with Crippen LogP contribution in [0.3, 0.4) is 0 Å². The Bertz CT molecular complexity index is 570. The van der Waals surface area contributed by atoms with E-state index in [2.05, 4.69) is 4.18 Å². The summed E-state index contributed by atoms with van der Waals surface area (Å²) in [5.74, 6) is 0.198. The van der Waals surface area contributed by atoms with Gasteiger partial charge in [-0.1, -0.05) is 30.3 Å². The molecule has 0 atom stereocenters. The van der Waals surface area contributed by atoms with Gasteiger partial charge in [-0.2, -0.15) is 8.42 Å². The molecule has 2 rings (SSSR count). The first-order valence-corrected chi connectivity index (χ1v) is 5.37. The normalized spacial score (nSPS) is 10.7. The molecule has 5 heteroatoms. The monoisotopic (exact) mass is 223 g/mol. The van der Waals surface area contributed by atoms with Crippen molar-refractivity contribution in [1.82, 2.24) is 0 Å². The molecule has 0 aliphatic heterocycles. The van der Waals surface area contributed by atoms with Gasteiger partial charge < -0.3 is 9.92 Å². The fraction of sp³-hybridized carbons (Fsp3) is 0. The number of hydrogen-bond donors (Lipinski definition) is 2. The minimum atomic E-state index is -2.95. The molecular formula is C10H9NO3S. The molecule has 0 aliphatic carbocycles. The van der Waals surface area contributed by atoms with Crippen molar-refractivity contribution in [3.63, 3.8) is 0 Å². The van der Waals surface area contributed by atoms with E-state index in [-0.39, 0.29) is 5.75 Å². The number of benzene rings is 2. The summed E-state index contributed by atoms with van der Waals surface area (Å²) in [7, 11) is -2.95. The van der Waals surface area contributed by atoms with E-state index in [0.717, 1.165) is 5.39 Å². The highest BCUT2D eigenvalue weighted by molar-refractivity contribution is 7.67. The number of fused-ring (bicyclic) bond motifs is 1. The van der Waals surface area contributed by atoms with Crippen LogP contribution in [0.25, 0.3) is 10.8 Å². The topological polar surface area (TPSA) is 69.4 Å². The molecule has 4 nitrogen and oxygen atoms in total. The maximum absolute atomic E-state index is 10.5. The van der Waals surface area contributed by atoms with Crippen LogP contribution < -0.4 is 9.92 Å². The van der Waals surface area contributed by atoms with Gasteiger partial charge in [0.25, 0.3) is 11.0 Å². The van der Waals surface area contributed by atoms with E-state index in [1.54, 1.807) is 18.2 Å². The molecule has 2 aromatic rings. The molecule has 0 spiro atoms. The van der Waals surface area contributed by atoms with Crippen LogP contribution in [0.1, 0.15) is 0 Å². The second-order valence-electron chi connectivity index (χ2n) is 3.02. The van der Waals surface area contributed by atoms with Gasteiger partial charge in [0.1, 0.15) is 0 Å². The molecule has 0 saturated heterocycles. The number of thiol groups is 1. The lowest BCUT2D eigenvalue weighted by Crippen LogP contribution is -1.96. The molecule has 0 heterocycles. The molecular weight excluding hydrogens is 214 g/mol. The molecule has 15 heavy (non-hydrogen) atoms. The predicted octanol–water partition coefficient (Wildman–Crippen LogP) is 1.33. The van der Waals surface area contributed by atoms with Gasteiger partial charge in [-0.05, 0) is 11.5 Å². The Morgan fingerprint density at radius 3 is 2.53 bits per heavy atom. The quantitative estimate of drug-likeness (QED) is 0.595. The Morgan fingerprint density at radius 2 is 1.80 bits per heavy atom. The smallest absolute Gasteiger partial charge is 0.299 e. The van der Waals surface area contributed by atoms with Crippen molar-refractivity contribution in [2.45, 2.75) is 0 Å². The highest BCUT2D eigenvalue weighted by Gasteiger charge is 2.06. The van der Waals surface area contributed by atoms with Gasteiger partial charge in [-0.25, -0.2) is 0 Å². The van der Waals surface area contributed by atoms with Crippen molar-refractivity contribution in [2.24, 2.45) is 0 Å². The largest absolute Gasteiger partial charge is 0.396 e. The van der Waals surface area contributed by atoms with Crippen LogP contribution in [0.15, 0.2) is 36.4 Å². The van der Waals surface area contributed by atoms with Crippen LogP contribution in [0.5, 0.6) is 5.75 Å². The third-order valence-electron chi connectivity index (χ3n) is 2.08. The number of nitrogen functional groups attached to an aromatic ring is 1. The molecule has 0 unspecified atom stereocenters. The lowest BCUT2D eigenvalue weighted by atomic mass is 10.1. The molecule has 0 aliphatic rings. The lowest BCUT2D eigenvalue weighted by Gasteiger charge is -2.06. The van der Waals surface area contributed by atoms with Crippen LogP contribution in [-0.2, 0) is 11.0 Å². The molecule has 0 fully saturated rings. The summed E-state index contributed by atoms with van der Waals surface area (Å²) in [6.45, 7) is 0. The predicted molar refractivity (Wildman–Crippen MR) is 59.3 cm³/mol. The summed E-state index contributed by atoms with van der Waals surface area (Å²) in [5.41, 5.74) is 5.96. The van der Waals surface area contributed by atoms with Crippen LogP contribution in [0.2, 0.25) is 0 Å². The van der Waals surface area contributed by atoms with Crippen LogP contribution in [-0.4, -0.2) is 8.42 Å². The summed E-state index contributed by atoms with van der Waals surface area (Å²) >= 11 is 0. The van der Waals surface area contributed by atoms with Crippen molar-refractivity contribution in [1.29, 1.82) is 0 Å². The SMILES string of the molecule is Nc1ccc2ccccc2c1O[SH](=O)=O. The number of rotatable bonds is 2. The van der Waals surface area contributed by atoms with Crippen LogP contribution in [0, 0.1) is 0 Å². The van der Waals surface area contributed by atoms with Gasteiger partial charge >= 0.3 is 0 Å². The van der Waals surface area contributed by atoms with Crippen molar-refractivity contribution < 1.29 is 12.6 Å². The number of hydrogen-bond acceptors (Lipinski definition) is 4. The molecule has 2 N–H and O–H groups in total. The van der Waals surface area contributed by atoms with Gasteiger partial charge in [0.05, 0.1) is 5.69 Å². The maximum atomic E-state index is 10.5. The van der Waals surface area contributed by atoms with Gasteiger partial charge in [0.2, 0.25) is 0 Å². The number of nitrogens with two attached hydrogens (primary N) is 1. The highest BCUT2D eigenvalue weighted by Crippen LogP contribution is 2.31. The Balaban J connectivity index is 2.73. The number of anilines is 1. The zero-order valence-corrected chi connectivity index (χ0v) is 8.61. The Morgan fingerprint density at radius 1 is 1.07 bits per heavy atom. The standard InChI is InChI=1S/C10H9NO3S/c11-9-6-5-7-3-1-2-4-8(7)10(9)14-15(12)13/h1-6,15H,11H2. The molecule has 0 amide bonds. The molecule has 0 radical (unpaired) electrons. The zero-order chi connectivity index (χ0) is 10.8. The first kappa shape index (κ1) is 9.79. The third-order valence-corrected chi connectivity index (χ3v) is 2.41. The van der Waals surface area contributed by atoms with Crippen molar-refractivity contribution in [3.8, 4) is 5.75 Å². The molecule has 78 valence electrons. The summed E-state index contributed by atoms with van der Waals surface area (Å²) < 4.78 is 25.7. The zero-order valence-electron chi connectivity index (χ0n) is 7.71. The van der Waals surface area contributed by atoms with Crippen LogP contribution in [0.4, 0.5) is 5.69 Å². The molecule has 2 aromatic carbocycles. The lowest BCUT2D eigenvalue weighted by molar-refractivity contribution is 0.514. The average Bonchev–Trinajstić information content (AvgIpc) is 2.22. The summed E-state index contributed by atoms with van der Waals surface area (Å²) in [6, 6.07) is 10.7. The van der Waals surface area contributed by atoms with E-state index in [9.17, 15) is 8.42 Å². The summed E-state index contributed by atoms with van der Waals surface area (Å²) in [5, 5.41) is 1.58. The Labute approximate surface area is 88.4 Å². The Kier molecular flexibility index (Phi) is 2.47. The summed E-state index contributed by atoms with van der Waals surface area (Å²) in [4.78, 5) is 0. The molecule has 0 aromatic heterocycles. The van der Waals surface area contributed by atoms with E-state index in [1.807, 2.05) is 18.2 Å². The van der Waals surface area contributed by atoms with Crippen molar-refractivity contribution in [2.75, 3.05) is 5.73 Å². The molecule has 0 bridgehead atoms. The fourth-order valence-electron chi connectivity index (χ4n) is 1.44. The van der Waals surface area contributed by atoms with Crippen molar-refractivity contribution in [3.05, 3.63) is 36.4 Å². The van der Waals surface area contributed by atoms with Gasteiger partial charge in [0.15, 0.2) is 5.75 Å². The van der Waals surface area contributed by atoms with Gasteiger partial charge in [0, 0.05) is 5.39 Å². The summed E-state index contributed by atoms with van der Waals surface area (Å²) in [6.07, 6.45) is 0. The average molecular weight is 223 g/mol. The van der Waals surface area contributed by atoms with Gasteiger partial charge in [-0.15, -0.1) is 0 Å². The van der Waals surface area contributed by atoms with E-state index >= 15 is 0 Å². The van der Waals surface area contributed by atoms with E-state index in [4.69, 9.17) is 5.73 Å². The second kappa shape index (κ2) is 3.78. The second-order valence-corrected chi connectivity index (χ2v) is 3.65. The van der Waals surface area contributed by atoms with Gasteiger partial charge in [-0.3, -0.25) is 0 Å². The fourth-order valence-corrected chi connectivity index (χ4v) is 1.79. The minimum Gasteiger partial charge on any atom is -0.396 e. The van der Waals surface area contributed by atoms with E-state index in [0.29, 0.717) is 11.1 Å². The third kappa shape index (κ3) is 1.87. The molecule has 0 saturated carbocycles. The Hall–Kier alpha value is -1.75. The van der Waals surface area contributed by atoms with Crippen molar-refractivity contribution >= 4 is 27.4 Å².